The van der Waals surface area contributed by atoms with E-state index in [0.717, 1.165) is 96.3 Å². The van der Waals surface area contributed by atoms with Crippen molar-refractivity contribution in [2.75, 3.05) is 13.2 Å². The van der Waals surface area contributed by atoms with E-state index in [-0.39, 0.29) is 31.6 Å². The Hall–Kier alpha value is -3.96. The molecule has 0 amide bonds. The van der Waals surface area contributed by atoms with Gasteiger partial charge in [0.05, 0.1) is 6.61 Å². The second kappa shape index (κ2) is 41.5. The zero-order valence-electron chi connectivity index (χ0n) is 32.5. The summed E-state index contributed by atoms with van der Waals surface area (Å²) in [5, 5.41) is 9.55. The van der Waals surface area contributed by atoms with Crippen LogP contribution in [0.25, 0.3) is 0 Å². The molecule has 0 aromatic heterocycles. The molecule has 0 rings (SSSR count). The molecule has 0 aliphatic rings. The van der Waals surface area contributed by atoms with Crippen molar-refractivity contribution in [1.82, 2.24) is 0 Å². The van der Waals surface area contributed by atoms with Crippen LogP contribution in [-0.4, -0.2) is 36.4 Å². The fraction of sp³-hybridized carbons (Fsp3) is 0.489. The highest BCUT2D eigenvalue weighted by molar-refractivity contribution is 5.70. The fourth-order valence-corrected chi connectivity index (χ4v) is 4.54. The van der Waals surface area contributed by atoms with E-state index >= 15 is 0 Å². The van der Waals surface area contributed by atoms with Crippen molar-refractivity contribution in [3.8, 4) is 0 Å². The molecule has 0 aromatic rings. The van der Waals surface area contributed by atoms with Gasteiger partial charge in [-0.2, -0.15) is 0 Å². The van der Waals surface area contributed by atoms with Crippen molar-refractivity contribution in [2.45, 2.75) is 136 Å². The van der Waals surface area contributed by atoms with Crippen molar-refractivity contribution >= 4 is 11.9 Å². The molecule has 288 valence electrons. The van der Waals surface area contributed by atoms with Crippen LogP contribution in [0.3, 0.4) is 0 Å². The number of carbonyl (C=O) groups is 2. The van der Waals surface area contributed by atoms with Crippen LogP contribution in [0, 0.1) is 0 Å². The van der Waals surface area contributed by atoms with Crippen LogP contribution in [0.5, 0.6) is 0 Å². The SMILES string of the molecule is CC/C=C\C/C=C\C/C=C\C/C=C\C/C=C\C/C=C\CCC(=O)OC[C@H](CO)OC(=O)CCCCC/C=C\C/C=C\C/C=C\C/C=C\C/C=C\CC. The minimum absolute atomic E-state index is 0.130. The average molecular weight is 715 g/mol. The molecule has 1 N–H and O–H groups in total. The first-order valence-corrected chi connectivity index (χ1v) is 19.7. The third-order valence-corrected chi connectivity index (χ3v) is 7.45. The lowest BCUT2D eigenvalue weighted by Crippen LogP contribution is -2.28. The minimum atomic E-state index is -0.830. The summed E-state index contributed by atoms with van der Waals surface area (Å²) in [5.74, 6) is -0.743. The first kappa shape index (κ1) is 48.0. The second-order valence-corrected chi connectivity index (χ2v) is 12.2. The normalized spacial score (nSPS) is 13.7. The van der Waals surface area contributed by atoms with Gasteiger partial charge in [0.2, 0.25) is 0 Å². The molecule has 0 aromatic carbocycles. The Morgan fingerprint density at radius 3 is 1.19 bits per heavy atom. The number of aliphatic hydroxyl groups is 1. The molecule has 0 spiro atoms. The molecule has 0 fully saturated rings. The summed E-state index contributed by atoms with van der Waals surface area (Å²) in [6, 6.07) is 0. The first-order valence-electron chi connectivity index (χ1n) is 19.7. The summed E-state index contributed by atoms with van der Waals surface area (Å²) in [6.45, 7) is 3.78. The number of aliphatic hydroxyl groups excluding tert-OH is 1. The molecule has 0 bridgehead atoms. The smallest absolute Gasteiger partial charge is 0.306 e. The molecule has 0 radical (unpaired) electrons. The third-order valence-electron chi connectivity index (χ3n) is 7.45. The van der Waals surface area contributed by atoms with E-state index in [0.29, 0.717) is 12.8 Å². The van der Waals surface area contributed by atoms with E-state index in [1.54, 1.807) is 0 Å². The number of hydrogen-bond donors (Lipinski definition) is 1. The number of ether oxygens (including phenoxy) is 2. The number of carbonyl (C=O) groups excluding carboxylic acids is 2. The Kier molecular flexibility index (Phi) is 38.3. The molecule has 52 heavy (non-hydrogen) atoms. The van der Waals surface area contributed by atoms with Crippen LogP contribution in [0.4, 0.5) is 0 Å². The summed E-state index contributed by atoms with van der Waals surface area (Å²) in [5.41, 5.74) is 0. The maximum Gasteiger partial charge on any atom is 0.306 e. The monoisotopic (exact) mass is 715 g/mol. The Bertz CT molecular complexity index is 1170. The number of unbranched alkanes of at least 4 members (excludes halogenated alkanes) is 3. The van der Waals surface area contributed by atoms with Crippen LogP contribution >= 0.6 is 0 Å². The van der Waals surface area contributed by atoms with Crippen molar-refractivity contribution < 1.29 is 24.2 Å². The molecule has 0 aliphatic carbocycles. The Labute approximate surface area is 317 Å². The molecular weight excluding hydrogens is 645 g/mol. The number of rotatable bonds is 33. The van der Waals surface area contributed by atoms with E-state index in [4.69, 9.17) is 9.47 Å². The zero-order valence-corrected chi connectivity index (χ0v) is 32.5. The lowest BCUT2D eigenvalue weighted by atomic mass is 10.1. The van der Waals surface area contributed by atoms with Gasteiger partial charge in [-0.05, 0) is 96.3 Å². The number of allylic oxidation sites excluding steroid dienone is 22. The van der Waals surface area contributed by atoms with Gasteiger partial charge in [-0.15, -0.1) is 0 Å². The fourth-order valence-electron chi connectivity index (χ4n) is 4.54. The van der Waals surface area contributed by atoms with Gasteiger partial charge < -0.3 is 14.6 Å². The minimum Gasteiger partial charge on any atom is -0.462 e. The average Bonchev–Trinajstić information content (AvgIpc) is 3.15. The van der Waals surface area contributed by atoms with E-state index in [9.17, 15) is 14.7 Å². The lowest BCUT2D eigenvalue weighted by Gasteiger charge is -2.15. The third kappa shape index (κ3) is 38.8. The van der Waals surface area contributed by atoms with Gasteiger partial charge in [0.1, 0.15) is 6.61 Å². The van der Waals surface area contributed by atoms with Crippen molar-refractivity contribution in [2.24, 2.45) is 0 Å². The van der Waals surface area contributed by atoms with Gasteiger partial charge in [-0.25, -0.2) is 0 Å². The van der Waals surface area contributed by atoms with E-state index < -0.39 is 6.10 Å². The topological polar surface area (TPSA) is 72.8 Å². The van der Waals surface area contributed by atoms with E-state index in [1.165, 1.54) is 0 Å². The van der Waals surface area contributed by atoms with Gasteiger partial charge in [0.25, 0.3) is 0 Å². The molecule has 0 aliphatic heterocycles. The summed E-state index contributed by atoms with van der Waals surface area (Å²) in [4.78, 5) is 24.2. The number of hydrogen-bond acceptors (Lipinski definition) is 5. The number of esters is 2. The van der Waals surface area contributed by atoms with Crippen LogP contribution in [0.15, 0.2) is 134 Å². The predicted octanol–water partition coefficient (Wildman–Crippen LogP) is 12.6. The lowest BCUT2D eigenvalue weighted by molar-refractivity contribution is -0.161. The Morgan fingerprint density at radius 1 is 0.442 bits per heavy atom. The summed E-state index contributed by atoms with van der Waals surface area (Å²) in [7, 11) is 0. The Balaban J connectivity index is 3.81. The van der Waals surface area contributed by atoms with E-state index in [1.807, 2.05) is 12.2 Å². The van der Waals surface area contributed by atoms with Gasteiger partial charge >= 0.3 is 11.9 Å². The highest BCUT2D eigenvalue weighted by Gasteiger charge is 2.15. The first-order chi connectivity index (χ1) is 25.6. The van der Waals surface area contributed by atoms with Crippen LogP contribution in [0.2, 0.25) is 0 Å². The molecule has 5 heteroatoms. The summed E-state index contributed by atoms with van der Waals surface area (Å²) < 4.78 is 10.5. The highest BCUT2D eigenvalue weighted by atomic mass is 16.6. The molecule has 0 unspecified atom stereocenters. The summed E-state index contributed by atoms with van der Waals surface area (Å²) >= 11 is 0. The van der Waals surface area contributed by atoms with Crippen molar-refractivity contribution in [3.63, 3.8) is 0 Å². The highest BCUT2D eigenvalue weighted by Crippen LogP contribution is 2.08. The zero-order chi connectivity index (χ0) is 37.8. The van der Waals surface area contributed by atoms with Crippen molar-refractivity contribution in [3.05, 3.63) is 134 Å². The van der Waals surface area contributed by atoms with E-state index in [2.05, 4.69) is 135 Å². The van der Waals surface area contributed by atoms with Crippen molar-refractivity contribution in [1.29, 1.82) is 0 Å². The molecule has 0 saturated heterocycles. The maximum atomic E-state index is 12.2. The quantitative estimate of drug-likeness (QED) is 0.0416. The maximum absolute atomic E-state index is 12.2. The Morgan fingerprint density at radius 2 is 0.808 bits per heavy atom. The molecule has 5 nitrogen and oxygen atoms in total. The van der Waals surface area contributed by atoms with Gasteiger partial charge in [0, 0.05) is 12.8 Å². The molecule has 1 atom stereocenters. The molecular formula is C47H70O5. The van der Waals surface area contributed by atoms with Crippen LogP contribution < -0.4 is 0 Å². The predicted molar refractivity (Wildman–Crippen MR) is 223 cm³/mol. The van der Waals surface area contributed by atoms with Crippen LogP contribution in [-0.2, 0) is 19.1 Å². The van der Waals surface area contributed by atoms with Crippen LogP contribution in [0.1, 0.15) is 129 Å². The van der Waals surface area contributed by atoms with Gasteiger partial charge in [0.15, 0.2) is 6.10 Å². The second-order valence-electron chi connectivity index (χ2n) is 12.2. The molecule has 0 saturated carbocycles. The van der Waals surface area contributed by atoms with Gasteiger partial charge in [-0.1, -0.05) is 154 Å². The largest absolute Gasteiger partial charge is 0.462 e. The standard InChI is InChI=1S/C47H70O5/c1-3-5-7-9-11-13-15-17-19-21-23-25-27-29-31-33-35-37-39-41-46(49)51-44-45(43-48)52-47(50)42-40-38-36-34-32-30-28-26-24-22-20-18-16-14-12-10-8-6-4-2/h5-8,11-14,17-20,23-26,29-32,35,37,45,48H,3-4,9-10,15-16,21-22,27-28,33-34,36,38-44H2,1-2H3/b7-5-,8-6-,13-11-,14-12-,19-17-,20-18-,25-23-,26-24-,31-29-,32-30-,37-35-/t45-/m0/s1. The molecule has 0 heterocycles. The van der Waals surface area contributed by atoms with Gasteiger partial charge in [-0.3, -0.25) is 9.59 Å². The summed E-state index contributed by atoms with van der Waals surface area (Å²) in [6.07, 6.45) is 62.3.